The largest absolute Gasteiger partial charge is 0.339 e. The molecule has 1 aliphatic heterocycles. The summed E-state index contributed by atoms with van der Waals surface area (Å²) in [7, 11) is 0. The van der Waals surface area contributed by atoms with Gasteiger partial charge in [0.25, 0.3) is 5.91 Å². The first kappa shape index (κ1) is 18.9. The molecule has 3 rings (SSSR count). The number of amides is 2. The van der Waals surface area contributed by atoms with E-state index in [4.69, 9.17) is 5.73 Å². The average molecular weight is 357 g/mol. The summed E-state index contributed by atoms with van der Waals surface area (Å²) in [6.07, 6.45) is 6.33. The van der Waals surface area contributed by atoms with Gasteiger partial charge in [-0.25, -0.2) is 0 Å². The van der Waals surface area contributed by atoms with Crippen LogP contribution in [0.1, 0.15) is 54.4 Å². The van der Waals surface area contributed by atoms with Crippen LogP contribution in [0.2, 0.25) is 0 Å². The summed E-state index contributed by atoms with van der Waals surface area (Å²) >= 11 is 0. The molecule has 0 spiro atoms. The van der Waals surface area contributed by atoms with Crippen LogP contribution >= 0.6 is 0 Å². The van der Waals surface area contributed by atoms with Gasteiger partial charge >= 0.3 is 0 Å². The first-order valence-corrected chi connectivity index (χ1v) is 9.87. The Morgan fingerprint density at radius 2 is 1.54 bits per heavy atom. The SMILES string of the molecule is Cc1ccc(C(=O)N2CCN(C(=O)CC3(CN)CCCCC3)CC2)cc1. The maximum Gasteiger partial charge on any atom is 0.253 e. The van der Waals surface area contributed by atoms with Crippen LogP contribution in [-0.2, 0) is 4.79 Å². The van der Waals surface area contributed by atoms with E-state index in [-0.39, 0.29) is 17.2 Å². The van der Waals surface area contributed by atoms with E-state index < -0.39 is 0 Å². The Hall–Kier alpha value is -1.88. The molecule has 1 aromatic rings. The molecule has 0 aromatic heterocycles. The predicted octanol–water partition coefficient (Wildman–Crippen LogP) is 2.58. The van der Waals surface area contributed by atoms with Crippen molar-refractivity contribution in [2.75, 3.05) is 32.7 Å². The topological polar surface area (TPSA) is 66.6 Å². The molecule has 2 aliphatic rings. The van der Waals surface area contributed by atoms with Gasteiger partial charge in [-0.1, -0.05) is 37.0 Å². The normalized spacial score (nSPS) is 20.1. The van der Waals surface area contributed by atoms with Gasteiger partial charge in [-0.15, -0.1) is 0 Å². The lowest BCUT2D eigenvalue weighted by molar-refractivity contribution is -0.135. The van der Waals surface area contributed by atoms with E-state index in [1.165, 1.54) is 19.3 Å². The highest BCUT2D eigenvalue weighted by molar-refractivity contribution is 5.94. The van der Waals surface area contributed by atoms with Crippen molar-refractivity contribution in [2.45, 2.75) is 45.4 Å². The molecular weight excluding hydrogens is 326 g/mol. The van der Waals surface area contributed by atoms with E-state index in [0.717, 1.165) is 24.0 Å². The van der Waals surface area contributed by atoms with Crippen LogP contribution < -0.4 is 5.73 Å². The molecule has 142 valence electrons. The molecule has 0 radical (unpaired) electrons. The van der Waals surface area contributed by atoms with Gasteiger partial charge in [-0.3, -0.25) is 9.59 Å². The van der Waals surface area contributed by atoms with Gasteiger partial charge in [-0.05, 0) is 43.9 Å². The Balaban J connectivity index is 1.53. The molecule has 1 aliphatic carbocycles. The molecule has 2 N–H and O–H groups in total. The molecule has 2 fully saturated rings. The van der Waals surface area contributed by atoms with Gasteiger partial charge in [0.1, 0.15) is 0 Å². The van der Waals surface area contributed by atoms with E-state index in [1.807, 2.05) is 41.0 Å². The number of carbonyl (C=O) groups excluding carboxylic acids is 2. The highest BCUT2D eigenvalue weighted by atomic mass is 16.2. The summed E-state index contributed by atoms with van der Waals surface area (Å²) in [5.41, 5.74) is 7.90. The molecule has 0 unspecified atom stereocenters. The zero-order valence-corrected chi connectivity index (χ0v) is 15.9. The molecule has 0 bridgehead atoms. The van der Waals surface area contributed by atoms with Crippen LogP contribution in [0, 0.1) is 12.3 Å². The second kappa shape index (κ2) is 8.21. The molecule has 1 aromatic carbocycles. The Bertz CT molecular complexity index is 627. The number of benzene rings is 1. The predicted molar refractivity (Wildman–Crippen MR) is 103 cm³/mol. The number of aryl methyl sites for hydroxylation is 1. The second-order valence-corrected chi connectivity index (χ2v) is 7.98. The van der Waals surface area contributed by atoms with Gasteiger partial charge in [0.15, 0.2) is 0 Å². The number of hydrogen-bond acceptors (Lipinski definition) is 3. The molecule has 0 atom stereocenters. The first-order valence-electron chi connectivity index (χ1n) is 9.87. The van der Waals surface area contributed by atoms with Gasteiger partial charge in [-0.2, -0.15) is 0 Å². The van der Waals surface area contributed by atoms with Crippen molar-refractivity contribution in [1.29, 1.82) is 0 Å². The van der Waals surface area contributed by atoms with Crippen molar-refractivity contribution in [1.82, 2.24) is 9.80 Å². The van der Waals surface area contributed by atoms with Gasteiger partial charge < -0.3 is 15.5 Å². The molecule has 2 amide bonds. The Morgan fingerprint density at radius 3 is 2.12 bits per heavy atom. The highest BCUT2D eigenvalue weighted by Gasteiger charge is 2.35. The summed E-state index contributed by atoms with van der Waals surface area (Å²) in [6, 6.07) is 7.68. The van der Waals surface area contributed by atoms with Crippen molar-refractivity contribution in [3.63, 3.8) is 0 Å². The molecule has 5 heteroatoms. The number of nitrogens with two attached hydrogens (primary N) is 1. The van der Waals surface area contributed by atoms with E-state index in [9.17, 15) is 9.59 Å². The fraction of sp³-hybridized carbons (Fsp3) is 0.619. The second-order valence-electron chi connectivity index (χ2n) is 7.98. The third-order valence-corrected chi connectivity index (χ3v) is 6.09. The minimum Gasteiger partial charge on any atom is -0.339 e. The molecule has 1 heterocycles. The standard InChI is InChI=1S/C21H31N3O2/c1-17-5-7-18(8-6-17)20(26)24-13-11-23(12-14-24)19(25)15-21(16-22)9-3-2-4-10-21/h5-8H,2-4,9-16,22H2,1H3. The monoisotopic (exact) mass is 357 g/mol. The Morgan fingerprint density at radius 1 is 0.962 bits per heavy atom. The van der Waals surface area contributed by atoms with E-state index in [1.54, 1.807) is 0 Å². The maximum absolute atomic E-state index is 12.8. The Kier molecular flexibility index (Phi) is 5.97. The van der Waals surface area contributed by atoms with E-state index in [0.29, 0.717) is 39.1 Å². The fourth-order valence-corrected chi connectivity index (χ4v) is 4.23. The lowest BCUT2D eigenvalue weighted by Crippen LogP contribution is -2.51. The van der Waals surface area contributed by atoms with Gasteiger partial charge in [0.05, 0.1) is 0 Å². The molecular formula is C21H31N3O2. The van der Waals surface area contributed by atoms with Crippen LogP contribution in [0.25, 0.3) is 0 Å². The van der Waals surface area contributed by atoms with E-state index >= 15 is 0 Å². The molecule has 1 saturated heterocycles. The van der Waals surface area contributed by atoms with Crippen molar-refractivity contribution < 1.29 is 9.59 Å². The van der Waals surface area contributed by atoms with E-state index in [2.05, 4.69) is 0 Å². The molecule has 26 heavy (non-hydrogen) atoms. The molecule has 1 saturated carbocycles. The zero-order valence-electron chi connectivity index (χ0n) is 15.9. The van der Waals surface area contributed by atoms with Crippen molar-refractivity contribution in [2.24, 2.45) is 11.1 Å². The fourth-order valence-electron chi connectivity index (χ4n) is 4.23. The van der Waals surface area contributed by atoms with Crippen LogP contribution in [0.15, 0.2) is 24.3 Å². The van der Waals surface area contributed by atoms with Crippen LogP contribution in [0.3, 0.4) is 0 Å². The number of piperazine rings is 1. The third kappa shape index (κ3) is 4.26. The zero-order chi connectivity index (χ0) is 18.6. The number of rotatable bonds is 4. The number of carbonyl (C=O) groups is 2. The highest BCUT2D eigenvalue weighted by Crippen LogP contribution is 2.38. The summed E-state index contributed by atoms with van der Waals surface area (Å²) in [6.45, 7) is 5.07. The van der Waals surface area contributed by atoms with Crippen molar-refractivity contribution >= 4 is 11.8 Å². The quantitative estimate of drug-likeness (QED) is 0.901. The van der Waals surface area contributed by atoms with Gasteiger partial charge in [0, 0.05) is 38.2 Å². The maximum atomic E-state index is 12.8. The van der Waals surface area contributed by atoms with Crippen molar-refractivity contribution in [3.05, 3.63) is 35.4 Å². The van der Waals surface area contributed by atoms with Crippen molar-refractivity contribution in [3.8, 4) is 0 Å². The molecule has 5 nitrogen and oxygen atoms in total. The van der Waals surface area contributed by atoms with Gasteiger partial charge in [0.2, 0.25) is 5.91 Å². The van der Waals surface area contributed by atoms with Crippen LogP contribution in [0.4, 0.5) is 0 Å². The summed E-state index contributed by atoms with van der Waals surface area (Å²) < 4.78 is 0. The van der Waals surface area contributed by atoms with Crippen LogP contribution in [-0.4, -0.2) is 54.3 Å². The smallest absolute Gasteiger partial charge is 0.253 e. The third-order valence-electron chi connectivity index (χ3n) is 6.09. The summed E-state index contributed by atoms with van der Waals surface area (Å²) in [5.74, 6) is 0.266. The number of hydrogen-bond donors (Lipinski definition) is 1. The first-order chi connectivity index (χ1) is 12.5. The summed E-state index contributed by atoms with van der Waals surface area (Å²) in [5, 5.41) is 0. The lowest BCUT2D eigenvalue weighted by atomic mass is 9.71. The average Bonchev–Trinajstić information content (AvgIpc) is 2.69. The number of nitrogens with zero attached hydrogens (tertiary/aromatic N) is 2. The lowest BCUT2D eigenvalue weighted by Gasteiger charge is -2.39. The minimum absolute atomic E-state index is 0.00415. The van der Waals surface area contributed by atoms with Crippen LogP contribution in [0.5, 0.6) is 0 Å². The summed E-state index contributed by atoms with van der Waals surface area (Å²) in [4.78, 5) is 29.2. The minimum atomic E-state index is 0.00415. The Labute approximate surface area is 156 Å².